The zero-order valence-electron chi connectivity index (χ0n) is 8.01. The van der Waals surface area contributed by atoms with E-state index in [9.17, 15) is 10.0 Å². The first-order valence-electron chi connectivity index (χ1n) is 4.24. The number of hydrogen-bond donors (Lipinski definition) is 0. The SMILES string of the molecule is CCOC(=O)N=[N+]([O-])c1ccc(Cl)cc1. The standard InChI is InChI=1S/C9H9ClN2O3/c1-2-15-9(13)11-12(14)8-5-3-7(10)4-6-8/h3-6H,2H2,1H3. The van der Waals surface area contributed by atoms with Crippen molar-refractivity contribution in [2.24, 2.45) is 5.11 Å². The van der Waals surface area contributed by atoms with Gasteiger partial charge in [-0.3, -0.25) is 0 Å². The molecular weight excluding hydrogens is 220 g/mol. The maximum Gasteiger partial charge on any atom is 0.492 e. The Morgan fingerprint density at radius 1 is 1.53 bits per heavy atom. The molecule has 0 atom stereocenters. The van der Waals surface area contributed by atoms with Crippen LogP contribution in [0.1, 0.15) is 6.92 Å². The first-order chi connectivity index (χ1) is 7.13. The number of hydrogen-bond acceptors (Lipinski definition) is 3. The van der Waals surface area contributed by atoms with E-state index in [2.05, 4.69) is 9.85 Å². The van der Waals surface area contributed by atoms with Crippen LogP contribution >= 0.6 is 11.6 Å². The second-order valence-electron chi connectivity index (χ2n) is 2.55. The van der Waals surface area contributed by atoms with E-state index in [0.717, 1.165) is 0 Å². The van der Waals surface area contributed by atoms with Crippen molar-refractivity contribution in [3.8, 4) is 0 Å². The van der Waals surface area contributed by atoms with Crippen LogP contribution in [-0.4, -0.2) is 17.6 Å². The lowest BCUT2D eigenvalue weighted by atomic mass is 10.3. The van der Waals surface area contributed by atoms with E-state index in [1.54, 1.807) is 6.92 Å². The summed E-state index contributed by atoms with van der Waals surface area (Å²) in [6.07, 6.45) is -0.914. The lowest BCUT2D eigenvalue weighted by Crippen LogP contribution is -2.02. The van der Waals surface area contributed by atoms with Gasteiger partial charge in [0.1, 0.15) is 0 Å². The quantitative estimate of drug-likeness (QED) is 0.444. The molecule has 1 amide bonds. The predicted molar refractivity (Wildman–Crippen MR) is 54.2 cm³/mol. The van der Waals surface area contributed by atoms with E-state index in [4.69, 9.17) is 11.6 Å². The number of nitrogens with zero attached hydrogens (tertiary/aromatic N) is 2. The van der Waals surface area contributed by atoms with Crippen LogP contribution in [-0.2, 0) is 4.74 Å². The van der Waals surface area contributed by atoms with Crippen LogP contribution in [0.25, 0.3) is 0 Å². The molecule has 0 aliphatic carbocycles. The van der Waals surface area contributed by atoms with Crippen LogP contribution in [0.2, 0.25) is 5.02 Å². The minimum absolute atomic E-state index is 0.177. The van der Waals surface area contributed by atoms with Crippen molar-refractivity contribution in [1.29, 1.82) is 0 Å². The monoisotopic (exact) mass is 228 g/mol. The van der Waals surface area contributed by atoms with Gasteiger partial charge in [0.15, 0.2) is 0 Å². The summed E-state index contributed by atoms with van der Waals surface area (Å²) in [6.45, 7) is 1.81. The Balaban J connectivity index is 2.79. The van der Waals surface area contributed by atoms with Gasteiger partial charge in [0.05, 0.1) is 11.7 Å². The van der Waals surface area contributed by atoms with Crippen molar-refractivity contribution in [2.45, 2.75) is 6.92 Å². The van der Waals surface area contributed by atoms with Crippen LogP contribution < -0.4 is 0 Å². The van der Waals surface area contributed by atoms with E-state index in [1.165, 1.54) is 24.3 Å². The van der Waals surface area contributed by atoms with Crippen molar-refractivity contribution >= 4 is 23.4 Å². The lowest BCUT2D eigenvalue weighted by molar-refractivity contribution is -0.436. The molecule has 0 bridgehead atoms. The minimum atomic E-state index is -0.914. The summed E-state index contributed by atoms with van der Waals surface area (Å²) in [4.78, 5) is 11.0. The molecule has 0 fully saturated rings. The van der Waals surface area contributed by atoms with Gasteiger partial charge in [0, 0.05) is 17.2 Å². The number of carbonyl (C=O) groups excluding carboxylic acids is 1. The molecule has 0 aromatic heterocycles. The molecule has 80 valence electrons. The molecule has 0 heterocycles. The molecule has 15 heavy (non-hydrogen) atoms. The van der Waals surface area contributed by atoms with Crippen LogP contribution in [0.5, 0.6) is 0 Å². The van der Waals surface area contributed by atoms with Crippen LogP contribution in [0.15, 0.2) is 29.4 Å². The van der Waals surface area contributed by atoms with Gasteiger partial charge in [-0.15, -0.1) is 0 Å². The molecule has 1 aromatic rings. The molecule has 0 saturated heterocycles. The fourth-order valence-corrected chi connectivity index (χ4v) is 0.979. The Morgan fingerprint density at radius 2 is 2.13 bits per heavy atom. The number of benzene rings is 1. The zero-order chi connectivity index (χ0) is 11.3. The summed E-state index contributed by atoms with van der Waals surface area (Å²) in [6, 6.07) is 5.97. The van der Waals surface area contributed by atoms with Crippen molar-refractivity contribution < 1.29 is 14.4 Å². The van der Waals surface area contributed by atoms with E-state index in [1.807, 2.05) is 0 Å². The molecule has 0 saturated carbocycles. The Labute approximate surface area is 91.5 Å². The van der Waals surface area contributed by atoms with Gasteiger partial charge in [0.2, 0.25) is 5.69 Å². The van der Waals surface area contributed by atoms with Gasteiger partial charge in [-0.25, -0.2) is 4.79 Å². The molecular formula is C9H9ClN2O3. The molecule has 5 nitrogen and oxygen atoms in total. The minimum Gasteiger partial charge on any atom is -0.594 e. The zero-order valence-corrected chi connectivity index (χ0v) is 8.77. The van der Waals surface area contributed by atoms with E-state index < -0.39 is 6.09 Å². The lowest BCUT2D eigenvalue weighted by Gasteiger charge is -1.98. The summed E-state index contributed by atoms with van der Waals surface area (Å²) in [5.74, 6) is 0. The smallest absolute Gasteiger partial charge is 0.492 e. The fourth-order valence-electron chi connectivity index (χ4n) is 0.853. The van der Waals surface area contributed by atoms with Crippen LogP contribution in [0.3, 0.4) is 0 Å². The number of carbonyl (C=O) groups is 1. The molecule has 1 aromatic carbocycles. The number of azo groups is 1. The van der Waals surface area contributed by atoms with E-state index in [0.29, 0.717) is 5.02 Å². The van der Waals surface area contributed by atoms with Crippen LogP contribution in [0, 0.1) is 5.21 Å². The summed E-state index contributed by atoms with van der Waals surface area (Å²) in [5.41, 5.74) is 0.215. The highest BCUT2D eigenvalue weighted by molar-refractivity contribution is 6.30. The van der Waals surface area contributed by atoms with Crippen molar-refractivity contribution in [3.05, 3.63) is 34.5 Å². The number of rotatable bonds is 2. The van der Waals surface area contributed by atoms with Gasteiger partial charge < -0.3 is 9.94 Å². The van der Waals surface area contributed by atoms with Gasteiger partial charge in [0.25, 0.3) is 0 Å². The van der Waals surface area contributed by atoms with Crippen molar-refractivity contribution in [2.75, 3.05) is 6.61 Å². The second-order valence-corrected chi connectivity index (χ2v) is 2.98. The van der Waals surface area contributed by atoms with Crippen molar-refractivity contribution in [1.82, 2.24) is 0 Å². The van der Waals surface area contributed by atoms with Gasteiger partial charge in [-0.2, -0.15) is 0 Å². The Hall–Kier alpha value is -1.62. The summed E-state index contributed by atoms with van der Waals surface area (Å²) >= 11 is 5.63. The molecule has 0 unspecified atom stereocenters. The highest BCUT2D eigenvalue weighted by Gasteiger charge is 2.08. The normalized spacial score (nSPS) is 11.2. The van der Waals surface area contributed by atoms with Crippen LogP contribution in [0.4, 0.5) is 10.5 Å². The molecule has 0 N–H and O–H groups in total. The summed E-state index contributed by atoms with van der Waals surface area (Å²) in [5, 5.41) is 14.9. The highest BCUT2D eigenvalue weighted by atomic mass is 35.5. The maximum absolute atomic E-state index is 11.2. The second kappa shape index (κ2) is 5.31. The van der Waals surface area contributed by atoms with E-state index >= 15 is 0 Å². The number of amides is 1. The fraction of sp³-hybridized carbons (Fsp3) is 0.222. The predicted octanol–water partition coefficient (Wildman–Crippen LogP) is 3.09. The van der Waals surface area contributed by atoms with Gasteiger partial charge in [-0.05, 0) is 23.9 Å². The third-order valence-corrected chi connectivity index (χ3v) is 1.74. The molecule has 1 rings (SSSR count). The average molecular weight is 229 g/mol. The van der Waals surface area contributed by atoms with Crippen molar-refractivity contribution in [3.63, 3.8) is 0 Å². The summed E-state index contributed by atoms with van der Waals surface area (Å²) < 4.78 is 4.48. The Morgan fingerprint density at radius 3 is 2.67 bits per heavy atom. The first kappa shape index (κ1) is 11.5. The molecule has 6 heteroatoms. The first-order valence-corrected chi connectivity index (χ1v) is 4.62. The van der Waals surface area contributed by atoms with Gasteiger partial charge >= 0.3 is 6.09 Å². The molecule has 0 aliphatic rings. The average Bonchev–Trinajstić information content (AvgIpc) is 2.18. The highest BCUT2D eigenvalue weighted by Crippen LogP contribution is 2.15. The summed E-state index contributed by atoms with van der Waals surface area (Å²) in [7, 11) is 0. The maximum atomic E-state index is 11.2. The third-order valence-electron chi connectivity index (χ3n) is 1.49. The van der Waals surface area contributed by atoms with E-state index in [-0.39, 0.29) is 17.2 Å². The topological polar surface area (TPSA) is 64.7 Å². The number of halogens is 1. The molecule has 0 aliphatic heterocycles. The Bertz CT molecular complexity index is 375. The largest absolute Gasteiger partial charge is 0.594 e. The van der Waals surface area contributed by atoms with Gasteiger partial charge in [-0.1, -0.05) is 11.6 Å². The molecule has 0 spiro atoms. The third kappa shape index (κ3) is 3.55. The molecule has 0 radical (unpaired) electrons. The Kier molecular flexibility index (Phi) is 4.05. The number of ether oxygens (including phenoxy) is 1.